The standard InChI is InChI=1S/C13H8ClF2N3O.C8H7F2NO.C6H4F2IN/c1-5-8-3-7(15)4-9(16)11(8)18-12(14)10(5)13-17-6(2)19-20-13;1-4(12)6-2-5(9)3-7(10)8(6)11;7-3-1-4(8)6(10)5(9)2-3/h3-4H,1-2H3;2-3H,11H2,1H3;1-2H,10H2. The van der Waals surface area contributed by atoms with Crippen LogP contribution in [0.15, 0.2) is 40.9 Å². The number of benzene rings is 3. The summed E-state index contributed by atoms with van der Waals surface area (Å²) < 4.78 is 82.5. The van der Waals surface area contributed by atoms with Crippen LogP contribution in [0.3, 0.4) is 0 Å². The molecule has 0 fully saturated rings. The van der Waals surface area contributed by atoms with Crippen LogP contribution in [0.2, 0.25) is 5.15 Å². The van der Waals surface area contributed by atoms with E-state index in [0.717, 1.165) is 18.2 Å². The van der Waals surface area contributed by atoms with E-state index in [1.54, 1.807) is 36.4 Å². The molecule has 2 aromatic heterocycles. The van der Waals surface area contributed by atoms with Crippen LogP contribution in [-0.2, 0) is 0 Å². The number of carbonyl (C=O) groups excluding carboxylic acids is 1. The maximum absolute atomic E-state index is 13.7. The number of halogens is 8. The maximum atomic E-state index is 13.7. The van der Waals surface area contributed by atoms with Gasteiger partial charge in [0.15, 0.2) is 17.4 Å². The van der Waals surface area contributed by atoms with Crippen molar-refractivity contribution >= 4 is 62.3 Å². The Morgan fingerprint density at radius 1 is 0.833 bits per heavy atom. The average Bonchev–Trinajstić information content (AvgIpc) is 3.31. The second-order valence-corrected chi connectivity index (χ2v) is 10.0. The molecule has 220 valence electrons. The number of aryl methyl sites for hydroxylation is 2. The van der Waals surface area contributed by atoms with E-state index in [4.69, 9.17) is 27.6 Å². The summed E-state index contributed by atoms with van der Waals surface area (Å²) in [4.78, 5) is 18.8. The van der Waals surface area contributed by atoms with Crippen molar-refractivity contribution < 1.29 is 35.7 Å². The summed E-state index contributed by atoms with van der Waals surface area (Å²) in [7, 11) is 0. The SMILES string of the molecule is CC(=O)c1cc(F)cc(F)c1N.Cc1noc(-c2c(Cl)nc3c(F)cc(F)cc3c2C)n1.Nc1c(F)cc(F)cc1I. The molecule has 0 aliphatic carbocycles. The number of nitrogens with zero attached hydrogens (tertiary/aromatic N) is 3. The average molecular weight is 722 g/mol. The summed E-state index contributed by atoms with van der Waals surface area (Å²) in [5.74, 6) is -4.31. The van der Waals surface area contributed by atoms with E-state index in [2.05, 4.69) is 15.1 Å². The van der Waals surface area contributed by atoms with Crippen LogP contribution in [0, 0.1) is 52.3 Å². The molecule has 0 aliphatic heterocycles. The number of carbonyl (C=O) groups is 1. The van der Waals surface area contributed by atoms with Gasteiger partial charge < -0.3 is 16.0 Å². The first-order chi connectivity index (χ1) is 19.6. The second kappa shape index (κ2) is 13.4. The molecule has 0 unspecified atom stereocenters. The van der Waals surface area contributed by atoms with Gasteiger partial charge in [-0.15, -0.1) is 0 Å². The first-order valence-electron chi connectivity index (χ1n) is 11.5. The molecule has 5 aromatic rings. The van der Waals surface area contributed by atoms with E-state index < -0.39 is 40.7 Å². The van der Waals surface area contributed by atoms with Crippen LogP contribution in [-0.4, -0.2) is 20.9 Å². The van der Waals surface area contributed by atoms with E-state index in [0.29, 0.717) is 32.0 Å². The molecular formula is C27H19ClF6IN5O2. The number of ketones is 1. The predicted octanol–water partition coefficient (Wildman–Crippen LogP) is 7.73. The van der Waals surface area contributed by atoms with Crippen molar-refractivity contribution in [2.75, 3.05) is 11.5 Å². The van der Waals surface area contributed by atoms with Crippen molar-refractivity contribution in [1.82, 2.24) is 15.1 Å². The van der Waals surface area contributed by atoms with E-state index in [1.807, 2.05) is 0 Å². The third-order valence-corrected chi connectivity index (χ3v) is 6.65. The number of hydrogen-bond acceptors (Lipinski definition) is 7. The highest BCUT2D eigenvalue weighted by atomic mass is 127. The van der Waals surface area contributed by atoms with Crippen LogP contribution < -0.4 is 11.5 Å². The summed E-state index contributed by atoms with van der Waals surface area (Å²) in [6.45, 7) is 4.53. The van der Waals surface area contributed by atoms with Gasteiger partial charge in [-0.25, -0.2) is 31.3 Å². The van der Waals surface area contributed by atoms with E-state index in [-0.39, 0.29) is 33.5 Å². The lowest BCUT2D eigenvalue weighted by Crippen LogP contribution is -2.03. The number of anilines is 2. The monoisotopic (exact) mass is 721 g/mol. The highest BCUT2D eigenvalue weighted by Gasteiger charge is 2.20. The molecule has 5 rings (SSSR count). The molecule has 2 heterocycles. The highest BCUT2D eigenvalue weighted by molar-refractivity contribution is 14.1. The maximum Gasteiger partial charge on any atom is 0.261 e. The van der Waals surface area contributed by atoms with Crippen LogP contribution in [0.1, 0.15) is 28.7 Å². The number of hydrogen-bond donors (Lipinski definition) is 2. The van der Waals surface area contributed by atoms with Crippen LogP contribution in [0.4, 0.5) is 37.7 Å². The lowest BCUT2D eigenvalue weighted by molar-refractivity contribution is 0.101. The quantitative estimate of drug-likeness (QED) is 0.0629. The van der Waals surface area contributed by atoms with Gasteiger partial charge in [-0.1, -0.05) is 16.8 Å². The first kappa shape index (κ1) is 32.6. The van der Waals surface area contributed by atoms with Crippen molar-refractivity contribution in [2.45, 2.75) is 20.8 Å². The van der Waals surface area contributed by atoms with Crippen molar-refractivity contribution in [1.29, 1.82) is 0 Å². The summed E-state index contributed by atoms with van der Waals surface area (Å²) >= 11 is 7.84. The van der Waals surface area contributed by atoms with Gasteiger partial charge in [0.2, 0.25) is 0 Å². The van der Waals surface area contributed by atoms with Crippen LogP contribution in [0.25, 0.3) is 22.4 Å². The molecule has 0 saturated heterocycles. The minimum Gasteiger partial charge on any atom is -0.396 e. The molecule has 0 atom stereocenters. The summed E-state index contributed by atoms with van der Waals surface area (Å²) in [6, 6.07) is 5.46. The Balaban J connectivity index is 0.000000188. The summed E-state index contributed by atoms with van der Waals surface area (Å²) in [6.07, 6.45) is 0. The van der Waals surface area contributed by atoms with E-state index in [1.165, 1.54) is 19.1 Å². The van der Waals surface area contributed by atoms with E-state index >= 15 is 0 Å². The fourth-order valence-corrected chi connectivity index (χ4v) is 4.35. The molecule has 0 aliphatic rings. The first-order valence-corrected chi connectivity index (χ1v) is 13.0. The largest absolute Gasteiger partial charge is 0.396 e. The minimum absolute atomic E-state index is 0.00185. The number of aromatic nitrogens is 3. The summed E-state index contributed by atoms with van der Waals surface area (Å²) in [5, 5.41) is 4.02. The van der Waals surface area contributed by atoms with Crippen molar-refractivity contribution in [3.8, 4) is 11.5 Å². The van der Waals surface area contributed by atoms with Gasteiger partial charge >= 0.3 is 0 Å². The Morgan fingerprint density at radius 2 is 1.38 bits per heavy atom. The zero-order valence-corrected chi connectivity index (χ0v) is 24.7. The Kier molecular flexibility index (Phi) is 10.4. The zero-order valence-electron chi connectivity index (χ0n) is 21.8. The van der Waals surface area contributed by atoms with Gasteiger partial charge in [-0.3, -0.25) is 4.79 Å². The smallest absolute Gasteiger partial charge is 0.261 e. The Labute approximate surface area is 253 Å². The molecule has 7 nitrogen and oxygen atoms in total. The number of Topliss-reactive ketones (excluding diaryl/α,β-unsaturated/α-hetero) is 1. The number of pyridine rings is 1. The molecule has 15 heteroatoms. The van der Waals surface area contributed by atoms with Gasteiger partial charge in [0.1, 0.15) is 39.8 Å². The lowest BCUT2D eigenvalue weighted by atomic mass is 10.0. The second-order valence-electron chi connectivity index (χ2n) is 8.52. The molecule has 0 radical (unpaired) electrons. The number of fused-ring (bicyclic) bond motifs is 1. The van der Waals surface area contributed by atoms with Gasteiger partial charge in [0.05, 0.1) is 16.9 Å². The molecule has 3 aromatic carbocycles. The van der Waals surface area contributed by atoms with Crippen molar-refractivity contribution in [3.63, 3.8) is 0 Å². The molecule has 0 spiro atoms. The molecule has 42 heavy (non-hydrogen) atoms. The fraction of sp³-hybridized carbons (Fsp3) is 0.111. The predicted molar refractivity (Wildman–Crippen MR) is 154 cm³/mol. The molecular weight excluding hydrogens is 703 g/mol. The van der Waals surface area contributed by atoms with Crippen LogP contribution >= 0.6 is 34.2 Å². The molecule has 0 bridgehead atoms. The highest BCUT2D eigenvalue weighted by Crippen LogP contribution is 2.34. The minimum atomic E-state index is -0.903. The third kappa shape index (κ3) is 7.47. The lowest BCUT2D eigenvalue weighted by Gasteiger charge is -2.08. The van der Waals surface area contributed by atoms with Gasteiger partial charge in [-0.2, -0.15) is 4.98 Å². The fourth-order valence-electron chi connectivity index (χ4n) is 3.49. The summed E-state index contributed by atoms with van der Waals surface area (Å²) in [5.41, 5.74) is 10.9. The normalized spacial score (nSPS) is 10.5. The van der Waals surface area contributed by atoms with Gasteiger partial charge in [0, 0.05) is 32.7 Å². The van der Waals surface area contributed by atoms with Crippen molar-refractivity contribution in [3.05, 3.63) is 97.0 Å². The number of nitrogens with two attached hydrogens (primary N) is 2. The Morgan fingerprint density at radius 3 is 1.93 bits per heavy atom. The molecule has 0 saturated carbocycles. The molecule has 4 N–H and O–H groups in total. The number of nitrogen functional groups attached to an aromatic ring is 2. The Bertz CT molecular complexity index is 1800. The van der Waals surface area contributed by atoms with E-state index in [9.17, 15) is 31.1 Å². The molecule has 0 amide bonds. The Hall–Kier alpha value is -3.92. The van der Waals surface area contributed by atoms with Crippen molar-refractivity contribution in [2.24, 2.45) is 0 Å². The van der Waals surface area contributed by atoms with Crippen LogP contribution in [0.5, 0.6) is 0 Å². The topological polar surface area (TPSA) is 121 Å². The third-order valence-electron chi connectivity index (χ3n) is 5.48. The number of rotatable bonds is 2. The van der Waals surface area contributed by atoms with Gasteiger partial charge in [0.25, 0.3) is 5.89 Å². The van der Waals surface area contributed by atoms with Gasteiger partial charge in [-0.05, 0) is 67.1 Å². The zero-order chi connectivity index (χ0) is 31.5.